The Hall–Kier alpha value is -5.75. The lowest BCUT2D eigenvalue weighted by molar-refractivity contribution is -0.124. The molecule has 0 saturated carbocycles. The Labute approximate surface area is 316 Å². The Morgan fingerprint density at radius 1 is 0.909 bits per heavy atom. The van der Waals surface area contributed by atoms with Gasteiger partial charge >= 0.3 is 0 Å². The number of hydrogen-bond donors (Lipinski definition) is 2. The number of azide groups is 1. The minimum Gasteiger partial charge on any atom is -0.424 e. The first-order chi connectivity index (χ1) is 26.9. The predicted octanol–water partition coefficient (Wildman–Crippen LogP) is 4.98. The van der Waals surface area contributed by atoms with Gasteiger partial charge in [0.25, 0.3) is 6.01 Å². The van der Waals surface area contributed by atoms with Crippen LogP contribution < -0.4 is 16.4 Å². The average Bonchev–Trinajstić information content (AvgIpc) is 3.77. The SMILES string of the molecule is [N-]=[N+]=Nc1cnc(N2CCC(C(=O)CCOCCOCCOCCC(=O)CCCCCn3nc(-c4ccc5oc(N)nc5c4)c4c(N)ncnc43)CC2)nc1. The van der Waals surface area contributed by atoms with Crippen molar-refractivity contribution in [3.05, 3.63) is 47.4 Å². The summed E-state index contributed by atoms with van der Waals surface area (Å²) in [5, 5.41) is 8.97. The van der Waals surface area contributed by atoms with E-state index in [1.54, 1.807) is 6.07 Å². The second kappa shape index (κ2) is 19.5. The average molecular weight is 756 g/mol. The van der Waals surface area contributed by atoms with E-state index in [2.05, 4.69) is 34.9 Å². The maximum atomic E-state index is 12.6. The number of fused-ring (bicyclic) bond motifs is 2. The number of nitrogens with zero attached hydrogens (tertiary/aromatic N) is 11. The van der Waals surface area contributed by atoms with Crippen molar-refractivity contribution < 1.29 is 28.2 Å². The van der Waals surface area contributed by atoms with Gasteiger partial charge in [-0.15, -0.1) is 0 Å². The van der Waals surface area contributed by atoms with Gasteiger partial charge in [0.05, 0.1) is 50.7 Å². The van der Waals surface area contributed by atoms with E-state index in [-0.39, 0.29) is 23.5 Å². The van der Waals surface area contributed by atoms with Crippen LogP contribution in [-0.4, -0.2) is 99.0 Å². The molecule has 1 aliphatic rings. The van der Waals surface area contributed by atoms with E-state index in [9.17, 15) is 9.59 Å². The van der Waals surface area contributed by atoms with Gasteiger partial charge in [0.15, 0.2) is 11.2 Å². The molecule has 55 heavy (non-hydrogen) atoms. The van der Waals surface area contributed by atoms with E-state index in [1.807, 2.05) is 21.7 Å². The maximum Gasteiger partial charge on any atom is 0.292 e. The maximum absolute atomic E-state index is 12.6. The first-order valence-corrected chi connectivity index (χ1v) is 18.4. The number of anilines is 3. The Morgan fingerprint density at radius 3 is 2.38 bits per heavy atom. The number of rotatable bonds is 22. The van der Waals surface area contributed by atoms with Crippen molar-refractivity contribution >= 4 is 57.2 Å². The van der Waals surface area contributed by atoms with Gasteiger partial charge in [0, 0.05) is 67.7 Å². The summed E-state index contributed by atoms with van der Waals surface area (Å²) in [4.78, 5) is 51.1. The molecule has 4 N–H and O–H groups in total. The second-order valence-electron chi connectivity index (χ2n) is 13.1. The fourth-order valence-electron chi connectivity index (χ4n) is 6.45. The molecular weight excluding hydrogens is 710 g/mol. The summed E-state index contributed by atoms with van der Waals surface area (Å²) < 4.78 is 23.9. The predicted molar refractivity (Wildman–Crippen MR) is 203 cm³/mol. The summed E-state index contributed by atoms with van der Waals surface area (Å²) in [7, 11) is 0. The lowest BCUT2D eigenvalue weighted by atomic mass is 9.91. The van der Waals surface area contributed by atoms with Gasteiger partial charge in [-0.3, -0.25) is 9.59 Å². The molecule has 5 heterocycles. The van der Waals surface area contributed by atoms with Gasteiger partial charge in [-0.25, -0.2) is 24.6 Å². The van der Waals surface area contributed by atoms with Crippen molar-refractivity contribution in [2.45, 2.75) is 57.9 Å². The molecule has 0 atom stereocenters. The number of benzene rings is 1. The van der Waals surface area contributed by atoms with Crippen molar-refractivity contribution in [3.8, 4) is 11.3 Å². The molecule has 0 radical (unpaired) electrons. The van der Waals surface area contributed by atoms with Crippen molar-refractivity contribution in [2.75, 3.05) is 69.1 Å². The molecule has 0 unspecified atom stereocenters. The van der Waals surface area contributed by atoms with E-state index in [1.165, 1.54) is 18.7 Å². The second-order valence-corrected chi connectivity index (χ2v) is 13.1. The Kier molecular flexibility index (Phi) is 13.8. The number of piperidine rings is 1. The van der Waals surface area contributed by atoms with E-state index >= 15 is 0 Å². The van der Waals surface area contributed by atoms with E-state index in [0.717, 1.165) is 37.7 Å². The zero-order valence-electron chi connectivity index (χ0n) is 30.6. The van der Waals surface area contributed by atoms with Gasteiger partial charge in [-0.05, 0) is 49.4 Å². The highest BCUT2D eigenvalue weighted by molar-refractivity contribution is 5.99. The number of unbranched alkanes of at least 4 members (excludes halogenated alkanes) is 2. The number of nitrogen functional groups attached to an aromatic ring is 2. The normalized spacial score (nSPS) is 13.4. The zero-order valence-corrected chi connectivity index (χ0v) is 30.6. The van der Waals surface area contributed by atoms with Gasteiger partial charge in [0.2, 0.25) is 5.95 Å². The van der Waals surface area contributed by atoms with Crippen molar-refractivity contribution in [2.24, 2.45) is 11.0 Å². The Balaban J connectivity index is 0.769. The highest BCUT2D eigenvalue weighted by Crippen LogP contribution is 2.32. The van der Waals surface area contributed by atoms with Crippen molar-refractivity contribution in [3.63, 3.8) is 0 Å². The van der Waals surface area contributed by atoms with E-state index in [0.29, 0.717) is 124 Å². The van der Waals surface area contributed by atoms with Crippen LogP contribution in [0.2, 0.25) is 0 Å². The van der Waals surface area contributed by atoms with Crippen LogP contribution in [0.3, 0.4) is 0 Å². The van der Waals surface area contributed by atoms with Crippen LogP contribution in [0.15, 0.2) is 46.5 Å². The van der Waals surface area contributed by atoms with Gasteiger partial charge in [-0.1, -0.05) is 11.5 Å². The van der Waals surface area contributed by atoms with Crippen LogP contribution >= 0.6 is 0 Å². The summed E-state index contributed by atoms with van der Waals surface area (Å²) >= 11 is 0. The molecule has 0 amide bonds. The third-order valence-electron chi connectivity index (χ3n) is 9.34. The van der Waals surface area contributed by atoms with Crippen LogP contribution in [0.1, 0.15) is 51.4 Å². The largest absolute Gasteiger partial charge is 0.424 e. The molecule has 19 nitrogen and oxygen atoms in total. The molecule has 290 valence electrons. The number of hydrogen-bond acceptors (Lipinski definition) is 16. The molecule has 1 saturated heterocycles. The topological polar surface area (TPSA) is 261 Å². The highest BCUT2D eigenvalue weighted by Gasteiger charge is 2.26. The standard InChI is InChI=1S/C36H45N13O6/c37-33-31-32(25-5-6-30-28(20-25)44-35(38)55-30)46-49(34(31)43-23-42-33)11-3-1-2-4-27(50)9-14-52-16-18-54-19-17-53-15-10-29(51)24-7-12-48(13-8-24)36-40-21-26(22-41-36)45-47-39/h5-6,20-24H,1-4,7-19H2,(H2,38,44)(H2,37,42,43). The first kappa shape index (κ1) is 39.0. The number of Topliss-reactive ketones (excluding diaryl/α,β-unsaturated/α-hetero) is 2. The Morgan fingerprint density at radius 2 is 1.64 bits per heavy atom. The van der Waals surface area contributed by atoms with Gasteiger partial charge < -0.3 is 35.0 Å². The number of aromatic nitrogens is 7. The third kappa shape index (κ3) is 10.7. The molecule has 0 aliphatic carbocycles. The zero-order chi connectivity index (χ0) is 38.4. The monoisotopic (exact) mass is 755 g/mol. The molecule has 1 fully saturated rings. The fraction of sp³-hybridized carbons (Fsp3) is 0.500. The third-order valence-corrected chi connectivity index (χ3v) is 9.34. The summed E-state index contributed by atoms with van der Waals surface area (Å²) in [6, 6.07) is 5.62. The minimum atomic E-state index is -0.00168. The number of carbonyl (C=O) groups excluding carboxylic acids is 2. The van der Waals surface area contributed by atoms with Gasteiger partial charge in [-0.2, -0.15) is 10.1 Å². The first-order valence-electron chi connectivity index (χ1n) is 18.4. The minimum absolute atomic E-state index is 0.00168. The number of ketones is 2. The molecule has 0 bridgehead atoms. The highest BCUT2D eigenvalue weighted by atomic mass is 16.5. The number of nitrogens with two attached hydrogens (primary N) is 2. The summed E-state index contributed by atoms with van der Waals surface area (Å²) in [6.07, 6.45) is 9.52. The smallest absolute Gasteiger partial charge is 0.292 e. The van der Waals surface area contributed by atoms with Crippen LogP contribution in [0, 0.1) is 5.92 Å². The summed E-state index contributed by atoms with van der Waals surface area (Å²) in [5.41, 5.74) is 24.1. The molecule has 4 aromatic heterocycles. The van der Waals surface area contributed by atoms with Crippen LogP contribution in [0.5, 0.6) is 0 Å². The van der Waals surface area contributed by atoms with Crippen LogP contribution in [0.4, 0.5) is 23.5 Å². The van der Waals surface area contributed by atoms with Crippen molar-refractivity contribution in [1.82, 2.24) is 34.7 Å². The number of oxazole rings is 1. The van der Waals surface area contributed by atoms with E-state index in [4.69, 9.17) is 40.7 Å². The molecule has 0 spiro atoms. The van der Waals surface area contributed by atoms with E-state index < -0.39 is 0 Å². The molecular formula is C36H45N13O6. The number of carbonyl (C=O) groups is 2. The fourth-order valence-corrected chi connectivity index (χ4v) is 6.45. The summed E-state index contributed by atoms with van der Waals surface area (Å²) in [6.45, 7) is 4.28. The van der Waals surface area contributed by atoms with Crippen LogP contribution in [-0.2, 0) is 30.3 Å². The lowest BCUT2D eigenvalue weighted by Gasteiger charge is -2.31. The molecule has 1 aromatic carbocycles. The number of aryl methyl sites for hydroxylation is 1. The summed E-state index contributed by atoms with van der Waals surface area (Å²) in [5.74, 6) is 1.27. The van der Waals surface area contributed by atoms with Crippen molar-refractivity contribution in [1.29, 1.82) is 0 Å². The molecule has 5 aromatic rings. The molecule has 19 heteroatoms. The quantitative estimate of drug-likeness (QED) is 0.0408. The Bertz CT molecular complexity index is 2090. The molecule has 1 aliphatic heterocycles. The molecule has 6 rings (SSSR count). The lowest BCUT2D eigenvalue weighted by Crippen LogP contribution is -2.37. The van der Waals surface area contributed by atoms with Gasteiger partial charge in [0.1, 0.15) is 34.9 Å². The number of ether oxygens (including phenoxy) is 3. The van der Waals surface area contributed by atoms with Crippen LogP contribution in [0.25, 0.3) is 43.8 Å².